The number of aromatic nitrogens is 2. The third kappa shape index (κ3) is 5.40. The van der Waals surface area contributed by atoms with E-state index in [0.29, 0.717) is 15.2 Å². The first-order valence-electron chi connectivity index (χ1n) is 7.64. The molecule has 1 aliphatic carbocycles. The Balaban J connectivity index is 1.51. The van der Waals surface area contributed by atoms with Gasteiger partial charge in [0, 0.05) is 11.7 Å². The van der Waals surface area contributed by atoms with Crippen LogP contribution < -0.4 is 16.0 Å². The van der Waals surface area contributed by atoms with Crippen LogP contribution in [-0.4, -0.2) is 33.4 Å². The number of hydrogen-bond acceptors (Lipinski definition) is 7. The Labute approximate surface area is 151 Å². The van der Waals surface area contributed by atoms with Gasteiger partial charge < -0.3 is 10.6 Å². The number of amides is 3. The number of urea groups is 1. The van der Waals surface area contributed by atoms with E-state index in [0.717, 1.165) is 12.8 Å². The number of carbonyl (C=O) groups is 2. The highest BCUT2D eigenvalue weighted by Gasteiger charge is 2.25. The molecule has 3 amide bonds. The number of thioether (sulfide) groups is 1. The summed E-state index contributed by atoms with van der Waals surface area (Å²) in [4.78, 5) is 23.6. The van der Waals surface area contributed by atoms with Crippen molar-refractivity contribution in [3.8, 4) is 0 Å². The lowest BCUT2D eigenvalue weighted by atomic mass is 10.3. The fraction of sp³-hybridized carbons (Fsp3) is 0.333. The van der Waals surface area contributed by atoms with Gasteiger partial charge in [-0.05, 0) is 38.0 Å². The number of anilines is 2. The molecule has 1 saturated carbocycles. The summed E-state index contributed by atoms with van der Waals surface area (Å²) in [6.45, 7) is 1.69. The van der Waals surface area contributed by atoms with Crippen LogP contribution in [0.2, 0.25) is 0 Å². The summed E-state index contributed by atoms with van der Waals surface area (Å²) in [5.41, 5.74) is 0.565. The number of carbonyl (C=O) groups excluding carboxylic acids is 2. The Morgan fingerprint density at radius 1 is 1.36 bits per heavy atom. The highest BCUT2D eigenvalue weighted by molar-refractivity contribution is 8.02. The number of nitrogens with zero attached hydrogens (tertiary/aromatic N) is 2. The molecule has 3 rings (SSSR count). The van der Waals surface area contributed by atoms with Crippen LogP contribution in [-0.2, 0) is 4.79 Å². The standard InChI is InChI=1S/C15H16FN5O2S2/c1-8(12(22)19-13(23)17-10-5-6-10)24-15-21-20-14(25-15)18-11-4-2-3-9(16)7-11/h2-4,7-8,10H,5-6H2,1H3,(H,18,20)(H2,17,19,22,23). The van der Waals surface area contributed by atoms with Crippen LogP contribution in [0.3, 0.4) is 0 Å². The maximum atomic E-state index is 13.2. The highest BCUT2D eigenvalue weighted by Crippen LogP contribution is 2.30. The van der Waals surface area contributed by atoms with Gasteiger partial charge in [0.25, 0.3) is 0 Å². The number of hydrogen-bond donors (Lipinski definition) is 3. The summed E-state index contributed by atoms with van der Waals surface area (Å²) in [5.74, 6) is -0.739. The van der Waals surface area contributed by atoms with Crippen LogP contribution in [0.5, 0.6) is 0 Å². The van der Waals surface area contributed by atoms with Crippen molar-refractivity contribution in [3.05, 3.63) is 30.1 Å². The van der Waals surface area contributed by atoms with Crippen molar-refractivity contribution in [1.82, 2.24) is 20.8 Å². The first-order valence-corrected chi connectivity index (χ1v) is 9.33. The van der Waals surface area contributed by atoms with Crippen molar-refractivity contribution < 1.29 is 14.0 Å². The molecule has 2 aromatic rings. The molecule has 1 atom stereocenters. The Morgan fingerprint density at radius 2 is 2.16 bits per heavy atom. The largest absolute Gasteiger partial charge is 0.335 e. The summed E-state index contributed by atoms with van der Waals surface area (Å²) in [6, 6.07) is 5.73. The fourth-order valence-electron chi connectivity index (χ4n) is 1.87. The van der Waals surface area contributed by atoms with E-state index in [1.54, 1.807) is 19.1 Å². The molecule has 10 heteroatoms. The molecule has 0 bridgehead atoms. The molecule has 1 aromatic heterocycles. The molecule has 1 aromatic carbocycles. The Morgan fingerprint density at radius 3 is 2.88 bits per heavy atom. The number of nitrogens with one attached hydrogen (secondary N) is 3. The van der Waals surface area contributed by atoms with E-state index in [1.807, 2.05) is 0 Å². The maximum absolute atomic E-state index is 13.2. The third-order valence-electron chi connectivity index (χ3n) is 3.28. The minimum absolute atomic E-state index is 0.190. The minimum atomic E-state index is -0.500. The van der Waals surface area contributed by atoms with Crippen molar-refractivity contribution in [2.45, 2.75) is 35.4 Å². The average molecular weight is 381 g/mol. The van der Waals surface area contributed by atoms with Gasteiger partial charge >= 0.3 is 6.03 Å². The van der Waals surface area contributed by atoms with E-state index >= 15 is 0 Å². The van der Waals surface area contributed by atoms with E-state index in [-0.39, 0.29) is 11.9 Å². The van der Waals surface area contributed by atoms with Crippen molar-refractivity contribution in [1.29, 1.82) is 0 Å². The number of rotatable bonds is 6. The molecular formula is C15H16FN5O2S2. The van der Waals surface area contributed by atoms with E-state index in [2.05, 4.69) is 26.1 Å². The quantitative estimate of drug-likeness (QED) is 0.666. The second-order valence-electron chi connectivity index (χ2n) is 5.51. The topological polar surface area (TPSA) is 96.0 Å². The van der Waals surface area contributed by atoms with Gasteiger partial charge in [-0.2, -0.15) is 0 Å². The summed E-state index contributed by atoms with van der Waals surface area (Å²) >= 11 is 2.45. The van der Waals surface area contributed by atoms with E-state index < -0.39 is 17.2 Å². The summed E-state index contributed by atoms with van der Waals surface area (Å²) < 4.78 is 13.7. The van der Waals surface area contributed by atoms with Gasteiger partial charge in [-0.25, -0.2) is 9.18 Å². The first kappa shape index (κ1) is 17.6. The summed E-state index contributed by atoms with van der Waals surface area (Å²) in [5, 5.41) is 15.9. The Bertz CT molecular complexity index is 781. The molecule has 132 valence electrons. The highest BCUT2D eigenvalue weighted by atomic mass is 32.2. The predicted octanol–water partition coefficient (Wildman–Crippen LogP) is 2.89. The van der Waals surface area contributed by atoms with Crippen LogP contribution in [0, 0.1) is 5.82 Å². The third-order valence-corrected chi connectivity index (χ3v) is 5.30. The van der Waals surface area contributed by atoms with E-state index in [4.69, 9.17) is 0 Å². The molecule has 0 spiro atoms. The molecule has 0 radical (unpaired) electrons. The summed E-state index contributed by atoms with van der Waals surface area (Å²) in [7, 11) is 0. The van der Waals surface area contributed by atoms with Gasteiger partial charge in [-0.3, -0.25) is 10.1 Å². The van der Waals surface area contributed by atoms with Gasteiger partial charge in [0.1, 0.15) is 5.82 Å². The molecule has 3 N–H and O–H groups in total. The lowest BCUT2D eigenvalue weighted by Gasteiger charge is -2.09. The molecule has 1 heterocycles. The van der Waals surface area contributed by atoms with Crippen LogP contribution in [0.4, 0.5) is 20.0 Å². The Kier molecular flexibility index (Phi) is 5.49. The fourth-order valence-corrected chi connectivity index (χ4v) is 3.78. The SMILES string of the molecule is CC(Sc1nnc(Nc2cccc(F)c2)s1)C(=O)NC(=O)NC1CC1. The van der Waals surface area contributed by atoms with Crippen LogP contribution in [0.25, 0.3) is 0 Å². The number of imide groups is 1. The number of halogens is 1. The molecule has 25 heavy (non-hydrogen) atoms. The van der Waals surface area contributed by atoms with Crippen molar-refractivity contribution >= 4 is 45.9 Å². The molecule has 1 unspecified atom stereocenters. The molecule has 1 fully saturated rings. The lowest BCUT2D eigenvalue weighted by Crippen LogP contribution is -2.43. The van der Waals surface area contributed by atoms with Gasteiger partial charge in [-0.15, -0.1) is 10.2 Å². The van der Waals surface area contributed by atoms with Crippen LogP contribution in [0.15, 0.2) is 28.6 Å². The zero-order chi connectivity index (χ0) is 17.8. The van der Waals surface area contributed by atoms with E-state index in [1.165, 1.54) is 35.2 Å². The van der Waals surface area contributed by atoms with E-state index in [9.17, 15) is 14.0 Å². The lowest BCUT2D eigenvalue weighted by molar-refractivity contribution is -0.119. The molecule has 7 nitrogen and oxygen atoms in total. The van der Waals surface area contributed by atoms with Gasteiger partial charge in [0.2, 0.25) is 11.0 Å². The molecule has 1 aliphatic rings. The maximum Gasteiger partial charge on any atom is 0.321 e. The number of benzene rings is 1. The zero-order valence-corrected chi connectivity index (χ0v) is 14.9. The minimum Gasteiger partial charge on any atom is -0.335 e. The van der Waals surface area contributed by atoms with Gasteiger partial charge in [0.05, 0.1) is 5.25 Å². The zero-order valence-electron chi connectivity index (χ0n) is 13.3. The van der Waals surface area contributed by atoms with Gasteiger partial charge in [-0.1, -0.05) is 29.2 Å². The predicted molar refractivity (Wildman–Crippen MR) is 94.6 cm³/mol. The second kappa shape index (κ2) is 7.79. The Hall–Kier alpha value is -2.20. The second-order valence-corrected chi connectivity index (χ2v) is 8.07. The van der Waals surface area contributed by atoms with Crippen molar-refractivity contribution in [2.75, 3.05) is 5.32 Å². The van der Waals surface area contributed by atoms with Crippen LogP contribution in [0.1, 0.15) is 19.8 Å². The van der Waals surface area contributed by atoms with Crippen molar-refractivity contribution in [2.24, 2.45) is 0 Å². The average Bonchev–Trinajstić information content (AvgIpc) is 3.25. The molecule has 0 aliphatic heterocycles. The smallest absolute Gasteiger partial charge is 0.321 e. The monoisotopic (exact) mass is 381 g/mol. The van der Waals surface area contributed by atoms with Crippen LogP contribution >= 0.6 is 23.1 Å². The first-order chi connectivity index (χ1) is 12.0. The molecular weight excluding hydrogens is 365 g/mol. The van der Waals surface area contributed by atoms with Crippen molar-refractivity contribution in [3.63, 3.8) is 0 Å². The normalized spacial score (nSPS) is 14.6. The molecule has 0 saturated heterocycles. The van der Waals surface area contributed by atoms with Gasteiger partial charge in [0.15, 0.2) is 4.34 Å². The summed E-state index contributed by atoms with van der Waals surface area (Å²) in [6.07, 6.45) is 1.91.